The van der Waals surface area contributed by atoms with Crippen LogP contribution < -0.4 is 48.3 Å². The molecule has 0 aliphatic carbocycles. The lowest BCUT2D eigenvalue weighted by atomic mass is 9.99. The van der Waals surface area contributed by atoms with E-state index in [1.165, 1.54) is 26.8 Å². The first-order valence-corrected chi connectivity index (χ1v) is 16.3. The highest BCUT2D eigenvalue weighted by atomic mass is 16.3. The lowest BCUT2D eigenvalue weighted by Gasteiger charge is -2.31. The number of hydrogen-bond acceptors (Lipinski definition) is 14. The summed E-state index contributed by atoms with van der Waals surface area (Å²) in [6.45, 7) is 3.60. The predicted molar refractivity (Wildman–Crippen MR) is 179 cm³/mol. The van der Waals surface area contributed by atoms with Crippen molar-refractivity contribution < 1.29 is 68.7 Å². The normalized spacial score (nSPS) is 26.8. The predicted octanol–water partition coefficient (Wildman–Crippen LogP) is -8.66. The van der Waals surface area contributed by atoms with E-state index < -0.39 is 140 Å². The first kappa shape index (κ1) is 45.8. The topological polar surface area (TPSA) is 377 Å². The van der Waals surface area contributed by atoms with Gasteiger partial charge in [0.25, 0.3) is 5.91 Å². The van der Waals surface area contributed by atoms with Crippen LogP contribution in [0.2, 0.25) is 0 Å². The molecule has 15 N–H and O–H groups in total. The minimum absolute atomic E-state index is 0.241. The molecule has 1 rings (SSSR count). The number of aliphatic hydroxyl groups is 5. The standard InChI is InChI=1S/C30H49N9O14/c1-6-12(4)24(47)32-7-14-25(48)36-15(10-40)26(49)37-18(11(2)3)29(52)39-20(21(44)22(45)23(31)46)30(53)38-19(13(5)41)28(51)33-8-16(42)27(50)34-9-17(43)35-14/h6,11,13-16,18-22,40-42,44-45H,7-10H2,1-5H3,(H2,31,46)(H,32,47)(H,33,51)(H,34,50)(H,35,43)(H,36,48)(H,37,49)(H,38,53)(H,39,52)/b12-6-. The smallest absolute Gasteiger partial charge is 0.251 e. The molecule has 0 radical (unpaired) electrons. The second kappa shape index (κ2) is 21.3. The maximum atomic E-state index is 13.5. The number of carbonyl (C=O) groups is 9. The summed E-state index contributed by atoms with van der Waals surface area (Å²) in [5.41, 5.74) is 5.29. The van der Waals surface area contributed by atoms with E-state index in [1.54, 1.807) is 6.92 Å². The van der Waals surface area contributed by atoms with Gasteiger partial charge in [-0.25, -0.2) is 0 Å². The molecule has 9 unspecified atom stereocenters. The van der Waals surface area contributed by atoms with Gasteiger partial charge in [-0.3, -0.25) is 43.2 Å². The van der Waals surface area contributed by atoms with E-state index in [2.05, 4.69) is 31.9 Å². The Morgan fingerprint density at radius 1 is 0.792 bits per heavy atom. The third-order valence-corrected chi connectivity index (χ3v) is 7.77. The average Bonchev–Trinajstić information content (AvgIpc) is 3.10. The lowest BCUT2D eigenvalue weighted by Crippen LogP contribution is -2.65. The Hall–Kier alpha value is -5.23. The summed E-state index contributed by atoms with van der Waals surface area (Å²) in [5.74, 6) is -11.4. The molecule has 0 aromatic carbocycles. The number of nitrogens with one attached hydrogen (secondary N) is 8. The van der Waals surface area contributed by atoms with E-state index in [9.17, 15) is 68.7 Å². The molecule has 298 valence electrons. The zero-order valence-electron chi connectivity index (χ0n) is 29.7. The Labute approximate surface area is 303 Å². The number of nitrogens with two attached hydrogens (primary N) is 1. The largest absolute Gasteiger partial charge is 0.394 e. The van der Waals surface area contributed by atoms with Crippen molar-refractivity contribution in [2.75, 3.05) is 26.2 Å². The molecule has 0 aromatic rings. The van der Waals surface area contributed by atoms with Crippen molar-refractivity contribution in [2.45, 2.75) is 89.2 Å². The average molecular weight is 760 g/mol. The molecular weight excluding hydrogens is 710 g/mol. The SMILES string of the molecule is C/C=C(/C)C(=O)NCC1NC(=O)CNC(=O)C(O)CNC(=O)C(C(C)O)NC(=O)C(C(O)C(O)C(N)=O)NC(=O)C(C(C)C)NC(=O)C(CO)NC1=O. The van der Waals surface area contributed by atoms with E-state index in [-0.39, 0.29) is 5.57 Å². The number of β-amino-alcohol motifs (C(OH)–C–C–N with tert-alkyl or cyclic N) is 1. The first-order chi connectivity index (χ1) is 24.7. The molecule has 0 aromatic heterocycles. The monoisotopic (exact) mass is 759 g/mol. The van der Waals surface area contributed by atoms with Crippen LogP contribution in [0.4, 0.5) is 0 Å². The number of aliphatic hydroxyl groups excluding tert-OH is 5. The first-order valence-electron chi connectivity index (χ1n) is 16.3. The summed E-state index contributed by atoms with van der Waals surface area (Å²) in [4.78, 5) is 115. The Morgan fingerprint density at radius 3 is 1.87 bits per heavy atom. The van der Waals surface area contributed by atoms with Crippen LogP contribution in [0, 0.1) is 5.92 Å². The molecular formula is C30H49N9O14. The third-order valence-electron chi connectivity index (χ3n) is 7.77. The molecule has 0 bridgehead atoms. The highest BCUT2D eigenvalue weighted by molar-refractivity contribution is 5.98. The van der Waals surface area contributed by atoms with E-state index in [0.29, 0.717) is 0 Å². The zero-order valence-corrected chi connectivity index (χ0v) is 29.7. The molecule has 0 saturated carbocycles. The second-order valence-corrected chi connectivity index (χ2v) is 12.3. The summed E-state index contributed by atoms with van der Waals surface area (Å²) in [6.07, 6.45) is -7.21. The lowest BCUT2D eigenvalue weighted by molar-refractivity contribution is -0.144. The van der Waals surface area contributed by atoms with E-state index in [0.717, 1.165) is 6.92 Å². The van der Waals surface area contributed by atoms with Crippen molar-refractivity contribution in [1.82, 2.24) is 42.5 Å². The van der Waals surface area contributed by atoms with Gasteiger partial charge in [-0.1, -0.05) is 19.9 Å². The van der Waals surface area contributed by atoms with Gasteiger partial charge in [0.1, 0.15) is 42.4 Å². The molecule has 1 saturated heterocycles. The third kappa shape index (κ3) is 14.0. The van der Waals surface area contributed by atoms with E-state index in [1.807, 2.05) is 10.6 Å². The van der Waals surface area contributed by atoms with Crippen molar-refractivity contribution in [3.05, 3.63) is 11.6 Å². The molecule has 53 heavy (non-hydrogen) atoms. The molecule has 23 heteroatoms. The number of amides is 9. The molecule has 1 heterocycles. The molecule has 1 aliphatic heterocycles. The maximum Gasteiger partial charge on any atom is 0.251 e. The zero-order chi connectivity index (χ0) is 40.7. The van der Waals surface area contributed by atoms with Crippen LogP contribution in [-0.2, 0) is 43.2 Å². The summed E-state index contributed by atoms with van der Waals surface area (Å²) in [6, 6.07) is -9.23. The van der Waals surface area contributed by atoms with Gasteiger partial charge in [0.05, 0.1) is 25.8 Å². The Bertz CT molecular complexity index is 1420. The second-order valence-electron chi connectivity index (χ2n) is 12.3. The Balaban J connectivity index is 3.65. The highest BCUT2D eigenvalue weighted by Gasteiger charge is 2.40. The van der Waals surface area contributed by atoms with Crippen LogP contribution in [0.5, 0.6) is 0 Å². The van der Waals surface area contributed by atoms with Gasteiger partial charge in [0.15, 0.2) is 6.10 Å². The van der Waals surface area contributed by atoms with E-state index >= 15 is 0 Å². The Morgan fingerprint density at radius 2 is 1.34 bits per heavy atom. The van der Waals surface area contributed by atoms with Gasteiger partial charge >= 0.3 is 0 Å². The van der Waals surface area contributed by atoms with Crippen LogP contribution in [0.1, 0.15) is 34.6 Å². The van der Waals surface area contributed by atoms with Gasteiger partial charge < -0.3 is 73.8 Å². The number of rotatable bonds is 9. The van der Waals surface area contributed by atoms with Crippen LogP contribution >= 0.6 is 0 Å². The van der Waals surface area contributed by atoms with Crippen LogP contribution in [0.25, 0.3) is 0 Å². The molecule has 1 aliphatic rings. The van der Waals surface area contributed by atoms with Crippen LogP contribution in [0.3, 0.4) is 0 Å². The minimum atomic E-state index is -2.47. The van der Waals surface area contributed by atoms with Crippen molar-refractivity contribution in [2.24, 2.45) is 11.7 Å². The van der Waals surface area contributed by atoms with Crippen molar-refractivity contribution in [3.8, 4) is 0 Å². The van der Waals surface area contributed by atoms with Crippen molar-refractivity contribution in [3.63, 3.8) is 0 Å². The van der Waals surface area contributed by atoms with Crippen LogP contribution in [-0.4, -0.2) is 160 Å². The number of hydrogen-bond donors (Lipinski definition) is 14. The number of carbonyl (C=O) groups excluding carboxylic acids is 9. The van der Waals surface area contributed by atoms with Gasteiger partial charge in [0.2, 0.25) is 47.3 Å². The van der Waals surface area contributed by atoms with Crippen molar-refractivity contribution >= 4 is 53.2 Å². The summed E-state index contributed by atoms with van der Waals surface area (Å²) < 4.78 is 0. The number of primary amides is 1. The fourth-order valence-electron chi connectivity index (χ4n) is 4.41. The molecule has 0 spiro atoms. The molecule has 9 amide bonds. The van der Waals surface area contributed by atoms with Gasteiger partial charge in [-0.15, -0.1) is 0 Å². The van der Waals surface area contributed by atoms with Crippen molar-refractivity contribution in [1.29, 1.82) is 0 Å². The number of allylic oxidation sites excluding steroid dienone is 1. The highest BCUT2D eigenvalue weighted by Crippen LogP contribution is 2.08. The van der Waals surface area contributed by atoms with Gasteiger partial charge in [0, 0.05) is 12.1 Å². The van der Waals surface area contributed by atoms with Crippen LogP contribution in [0.15, 0.2) is 11.6 Å². The van der Waals surface area contributed by atoms with Gasteiger partial charge in [-0.05, 0) is 26.7 Å². The summed E-state index contributed by atoms with van der Waals surface area (Å²) >= 11 is 0. The minimum Gasteiger partial charge on any atom is -0.394 e. The fourth-order valence-corrected chi connectivity index (χ4v) is 4.41. The maximum absolute atomic E-state index is 13.5. The summed E-state index contributed by atoms with van der Waals surface area (Å²) in [5, 5.41) is 68.5. The molecule has 1 fully saturated rings. The Kier molecular flexibility index (Phi) is 18.4. The van der Waals surface area contributed by atoms with E-state index in [4.69, 9.17) is 5.73 Å². The quantitative estimate of drug-likeness (QED) is 0.0972. The van der Waals surface area contributed by atoms with Gasteiger partial charge in [-0.2, -0.15) is 0 Å². The fraction of sp³-hybridized carbons (Fsp3) is 0.633. The molecule has 23 nitrogen and oxygen atoms in total. The summed E-state index contributed by atoms with van der Waals surface area (Å²) in [7, 11) is 0. The molecule has 9 atom stereocenters.